The zero-order chi connectivity index (χ0) is 44.4. The molecule has 0 aliphatic rings. The summed E-state index contributed by atoms with van der Waals surface area (Å²) in [4.78, 5) is 74.1. The standard InChI is InChI=1S/C47H78O13/c1-4-7-10-13-16-25-34-55-41(49)28-19-22-31-44(52)58-38-47(37-48,39-59-45(53)32-23-20-29-42(50)56-35-26-17-14-11-8-5-2)40-60-46(54)33-24-21-30-43(51)57-36-27-18-15-12-9-6-3/h13-18,48H,4-12,19-40H2,1-3H3/b16-13-,17-14-,18-15-. The lowest BCUT2D eigenvalue weighted by molar-refractivity contribution is -0.166. The molecule has 0 aromatic rings. The zero-order valence-corrected chi connectivity index (χ0v) is 37.2. The predicted molar refractivity (Wildman–Crippen MR) is 231 cm³/mol. The maximum Gasteiger partial charge on any atom is 0.305 e. The van der Waals surface area contributed by atoms with E-state index >= 15 is 0 Å². The quantitative estimate of drug-likeness (QED) is 0.0267. The summed E-state index contributed by atoms with van der Waals surface area (Å²) < 4.78 is 32.1. The van der Waals surface area contributed by atoms with E-state index < -0.39 is 49.8 Å². The van der Waals surface area contributed by atoms with Gasteiger partial charge in [-0.25, -0.2) is 0 Å². The summed E-state index contributed by atoms with van der Waals surface area (Å²) in [6, 6.07) is 0. The minimum atomic E-state index is -1.43. The van der Waals surface area contributed by atoms with Crippen LogP contribution in [0.25, 0.3) is 0 Å². The molecule has 0 aliphatic carbocycles. The molecule has 0 atom stereocenters. The van der Waals surface area contributed by atoms with Crippen molar-refractivity contribution in [2.24, 2.45) is 5.41 Å². The molecule has 0 unspecified atom stereocenters. The average molecular weight is 851 g/mol. The van der Waals surface area contributed by atoms with E-state index in [9.17, 15) is 33.9 Å². The molecule has 0 aromatic carbocycles. The van der Waals surface area contributed by atoms with Crippen molar-refractivity contribution < 1.29 is 62.3 Å². The van der Waals surface area contributed by atoms with Crippen LogP contribution in [0.5, 0.6) is 0 Å². The predicted octanol–water partition coefficient (Wildman–Crippen LogP) is 9.32. The van der Waals surface area contributed by atoms with Gasteiger partial charge in [0.1, 0.15) is 19.8 Å². The highest BCUT2D eigenvalue weighted by Gasteiger charge is 2.35. The van der Waals surface area contributed by atoms with Crippen LogP contribution in [0.15, 0.2) is 36.5 Å². The van der Waals surface area contributed by atoms with Crippen molar-refractivity contribution in [1.29, 1.82) is 0 Å². The van der Waals surface area contributed by atoms with Crippen LogP contribution in [0.4, 0.5) is 0 Å². The number of carbonyl (C=O) groups excluding carboxylic acids is 6. The molecule has 1 N–H and O–H groups in total. The normalized spacial score (nSPS) is 11.6. The molecule has 0 bridgehead atoms. The van der Waals surface area contributed by atoms with Crippen molar-refractivity contribution in [3.05, 3.63) is 36.5 Å². The highest BCUT2D eigenvalue weighted by molar-refractivity contribution is 5.72. The van der Waals surface area contributed by atoms with Crippen molar-refractivity contribution >= 4 is 35.8 Å². The Bertz CT molecular complexity index is 1090. The molecule has 0 aliphatic heterocycles. The first-order valence-electron chi connectivity index (χ1n) is 22.6. The van der Waals surface area contributed by atoms with Gasteiger partial charge >= 0.3 is 35.8 Å². The summed E-state index contributed by atoms with van der Waals surface area (Å²) in [5, 5.41) is 10.4. The van der Waals surface area contributed by atoms with Crippen LogP contribution in [0, 0.1) is 5.41 Å². The third-order valence-corrected chi connectivity index (χ3v) is 9.30. The first-order chi connectivity index (χ1) is 29.1. The topological polar surface area (TPSA) is 178 Å². The molecule has 0 rings (SSSR count). The monoisotopic (exact) mass is 851 g/mol. The fourth-order valence-corrected chi connectivity index (χ4v) is 5.41. The van der Waals surface area contributed by atoms with E-state index in [0.29, 0.717) is 77.6 Å². The molecule has 60 heavy (non-hydrogen) atoms. The largest absolute Gasteiger partial charge is 0.465 e. The lowest BCUT2D eigenvalue weighted by atomic mass is 9.92. The molecule has 0 radical (unpaired) electrons. The van der Waals surface area contributed by atoms with Crippen molar-refractivity contribution in [1.82, 2.24) is 0 Å². The van der Waals surface area contributed by atoms with Gasteiger partial charge in [0.15, 0.2) is 0 Å². The zero-order valence-electron chi connectivity index (χ0n) is 37.2. The number of hydrogen-bond donors (Lipinski definition) is 1. The summed E-state index contributed by atoms with van der Waals surface area (Å²) in [6.45, 7) is 5.50. The number of aliphatic hydroxyl groups excluding tert-OH is 1. The van der Waals surface area contributed by atoms with E-state index in [1.165, 1.54) is 0 Å². The van der Waals surface area contributed by atoms with E-state index in [4.69, 9.17) is 28.4 Å². The van der Waals surface area contributed by atoms with Gasteiger partial charge in [-0.2, -0.15) is 0 Å². The Kier molecular flexibility index (Phi) is 37.7. The number of carbonyl (C=O) groups is 6. The molecule has 0 fully saturated rings. The minimum Gasteiger partial charge on any atom is -0.465 e. The first-order valence-corrected chi connectivity index (χ1v) is 22.6. The molecular formula is C47H78O13. The van der Waals surface area contributed by atoms with E-state index in [-0.39, 0.29) is 56.4 Å². The van der Waals surface area contributed by atoms with Crippen LogP contribution in [0.2, 0.25) is 0 Å². The van der Waals surface area contributed by atoms with Gasteiger partial charge in [0.25, 0.3) is 0 Å². The van der Waals surface area contributed by atoms with Crippen molar-refractivity contribution in [3.8, 4) is 0 Å². The van der Waals surface area contributed by atoms with Crippen LogP contribution in [0.3, 0.4) is 0 Å². The van der Waals surface area contributed by atoms with Crippen LogP contribution in [-0.2, 0) is 57.2 Å². The van der Waals surface area contributed by atoms with E-state index in [2.05, 4.69) is 39.0 Å². The molecule has 0 saturated heterocycles. The number of ether oxygens (including phenoxy) is 6. The van der Waals surface area contributed by atoms with Crippen molar-refractivity contribution in [2.75, 3.05) is 46.2 Å². The summed E-state index contributed by atoms with van der Waals surface area (Å²) in [5.41, 5.74) is -1.43. The lowest BCUT2D eigenvalue weighted by Crippen LogP contribution is -2.42. The number of allylic oxidation sites excluding steroid dienone is 3. The van der Waals surface area contributed by atoms with Crippen LogP contribution >= 0.6 is 0 Å². The van der Waals surface area contributed by atoms with Crippen LogP contribution in [-0.4, -0.2) is 87.2 Å². The van der Waals surface area contributed by atoms with E-state index in [0.717, 1.165) is 57.8 Å². The Morgan fingerprint density at radius 1 is 0.367 bits per heavy atom. The van der Waals surface area contributed by atoms with Crippen LogP contribution < -0.4 is 0 Å². The summed E-state index contributed by atoms with van der Waals surface area (Å²) >= 11 is 0. The van der Waals surface area contributed by atoms with Gasteiger partial charge in [0, 0.05) is 38.5 Å². The Hall–Kier alpha value is -4.00. The molecule has 0 spiro atoms. The van der Waals surface area contributed by atoms with Gasteiger partial charge in [-0.05, 0) is 77.0 Å². The van der Waals surface area contributed by atoms with E-state index in [1.807, 2.05) is 18.2 Å². The fourth-order valence-electron chi connectivity index (χ4n) is 5.41. The molecule has 0 amide bonds. The number of aliphatic hydroxyl groups is 1. The number of hydrogen-bond acceptors (Lipinski definition) is 13. The molecule has 0 aromatic heterocycles. The molecule has 0 saturated carbocycles. The highest BCUT2D eigenvalue weighted by Crippen LogP contribution is 2.21. The summed E-state index contributed by atoms with van der Waals surface area (Å²) in [5.74, 6) is -2.78. The maximum absolute atomic E-state index is 12.7. The Morgan fingerprint density at radius 3 is 0.833 bits per heavy atom. The maximum atomic E-state index is 12.7. The first kappa shape index (κ1) is 56.0. The second-order valence-electron chi connectivity index (χ2n) is 15.1. The second-order valence-corrected chi connectivity index (χ2v) is 15.1. The molecule has 13 heteroatoms. The number of rotatable bonds is 40. The van der Waals surface area contributed by atoms with Crippen molar-refractivity contribution in [2.45, 2.75) is 175 Å². The Labute approximate surface area is 360 Å². The summed E-state index contributed by atoms with van der Waals surface area (Å²) in [7, 11) is 0. The summed E-state index contributed by atoms with van der Waals surface area (Å²) in [6.07, 6.45) is 26.9. The van der Waals surface area contributed by atoms with Gasteiger partial charge < -0.3 is 33.5 Å². The van der Waals surface area contributed by atoms with Crippen molar-refractivity contribution in [3.63, 3.8) is 0 Å². The number of unbranched alkanes of at least 4 members (excludes halogenated alkanes) is 9. The van der Waals surface area contributed by atoms with Gasteiger partial charge in [-0.1, -0.05) is 95.8 Å². The molecule has 13 nitrogen and oxygen atoms in total. The van der Waals surface area contributed by atoms with Gasteiger partial charge in [-0.3, -0.25) is 28.8 Å². The highest BCUT2D eigenvalue weighted by atomic mass is 16.6. The van der Waals surface area contributed by atoms with Gasteiger partial charge in [-0.15, -0.1) is 0 Å². The van der Waals surface area contributed by atoms with Gasteiger partial charge in [0.2, 0.25) is 0 Å². The minimum absolute atomic E-state index is 0.00468. The average Bonchev–Trinajstić information content (AvgIpc) is 3.24. The second kappa shape index (κ2) is 40.4. The van der Waals surface area contributed by atoms with E-state index in [1.54, 1.807) is 0 Å². The Morgan fingerprint density at radius 2 is 0.600 bits per heavy atom. The molecule has 0 heterocycles. The number of esters is 6. The lowest BCUT2D eigenvalue weighted by Gasteiger charge is -2.30. The third-order valence-electron chi connectivity index (χ3n) is 9.30. The van der Waals surface area contributed by atoms with Gasteiger partial charge in [0.05, 0.1) is 31.8 Å². The smallest absolute Gasteiger partial charge is 0.305 e. The Balaban J connectivity index is 4.90. The fraction of sp³-hybridized carbons (Fsp3) is 0.745. The SMILES string of the molecule is CCCC/C=C\CCOC(=O)CCCCC(=O)OCC(CO)(COC(=O)CCCCC(=O)OCC/C=C\CCCC)COC(=O)CCCCC(=O)OCC/C=C\CCCC. The molecule has 344 valence electrons. The molecular weight excluding hydrogens is 773 g/mol. The third kappa shape index (κ3) is 35.9. The van der Waals surface area contributed by atoms with Crippen LogP contribution in [0.1, 0.15) is 175 Å².